The van der Waals surface area contributed by atoms with E-state index in [1.165, 1.54) is 7.11 Å². The van der Waals surface area contributed by atoms with Crippen molar-refractivity contribution < 1.29 is 9.53 Å². The molecule has 0 unspecified atom stereocenters. The molecule has 0 aliphatic carbocycles. The number of hydrogen-bond donors (Lipinski definition) is 0. The highest BCUT2D eigenvalue weighted by molar-refractivity contribution is 6.42. The highest BCUT2D eigenvalue weighted by Crippen LogP contribution is 2.23. The fraction of sp³-hybridized carbons (Fsp3) is 0.357. The molecule has 0 amide bonds. The topological polar surface area (TPSA) is 57.0 Å². The third-order valence-electron chi connectivity index (χ3n) is 3.02. The number of benzene rings is 1. The molecule has 0 saturated carbocycles. The maximum atomic E-state index is 11.7. The Labute approximate surface area is 132 Å². The average Bonchev–Trinajstić information content (AvgIpc) is 2.85. The van der Waals surface area contributed by atoms with Crippen LogP contribution in [-0.2, 0) is 17.7 Å². The van der Waals surface area contributed by atoms with Gasteiger partial charge in [0, 0.05) is 0 Å². The lowest BCUT2D eigenvalue weighted by molar-refractivity contribution is 0.0592. The fourth-order valence-electron chi connectivity index (χ4n) is 2.01. The van der Waals surface area contributed by atoms with Crippen molar-refractivity contribution in [3.05, 3.63) is 45.2 Å². The van der Waals surface area contributed by atoms with Gasteiger partial charge in [0.1, 0.15) is 0 Å². The van der Waals surface area contributed by atoms with Gasteiger partial charge in [0.2, 0.25) is 0 Å². The van der Waals surface area contributed by atoms with Crippen LogP contribution in [0.5, 0.6) is 0 Å². The van der Waals surface area contributed by atoms with Crippen LogP contribution in [0.3, 0.4) is 0 Å². The Morgan fingerprint density at radius 3 is 2.71 bits per heavy atom. The number of halogens is 2. The van der Waals surface area contributed by atoms with Gasteiger partial charge in [-0.2, -0.15) is 0 Å². The summed E-state index contributed by atoms with van der Waals surface area (Å²) >= 11 is 11.9. The lowest BCUT2D eigenvalue weighted by atomic mass is 10.2. The third kappa shape index (κ3) is 3.54. The molecule has 0 bridgehead atoms. The zero-order valence-corrected chi connectivity index (χ0v) is 13.3. The minimum atomic E-state index is -0.473. The van der Waals surface area contributed by atoms with E-state index in [-0.39, 0.29) is 5.69 Å². The van der Waals surface area contributed by atoms with Crippen LogP contribution in [0.1, 0.15) is 35.1 Å². The minimum absolute atomic E-state index is 0.263. The summed E-state index contributed by atoms with van der Waals surface area (Å²) in [6.45, 7) is 2.49. The Morgan fingerprint density at radius 2 is 2.10 bits per heavy atom. The summed E-state index contributed by atoms with van der Waals surface area (Å²) in [5, 5.41) is 8.95. The normalized spacial score (nSPS) is 10.7. The molecule has 5 nitrogen and oxygen atoms in total. The molecule has 21 heavy (non-hydrogen) atoms. The largest absolute Gasteiger partial charge is 0.464 e. The van der Waals surface area contributed by atoms with Crippen molar-refractivity contribution >= 4 is 29.2 Å². The van der Waals surface area contributed by atoms with E-state index in [0.29, 0.717) is 23.0 Å². The fourth-order valence-corrected chi connectivity index (χ4v) is 2.33. The number of nitrogens with zero attached hydrogens (tertiary/aromatic N) is 3. The van der Waals surface area contributed by atoms with Crippen molar-refractivity contribution in [1.82, 2.24) is 15.0 Å². The molecule has 0 radical (unpaired) electrons. The van der Waals surface area contributed by atoms with E-state index in [0.717, 1.165) is 17.7 Å². The van der Waals surface area contributed by atoms with E-state index in [1.54, 1.807) is 16.8 Å². The van der Waals surface area contributed by atoms with Crippen LogP contribution in [-0.4, -0.2) is 28.1 Å². The number of hydrogen-bond acceptors (Lipinski definition) is 4. The lowest BCUT2D eigenvalue weighted by Crippen LogP contribution is -2.10. The van der Waals surface area contributed by atoms with Gasteiger partial charge >= 0.3 is 5.97 Å². The van der Waals surface area contributed by atoms with Gasteiger partial charge in [-0.25, -0.2) is 9.48 Å². The highest BCUT2D eigenvalue weighted by atomic mass is 35.5. The molecule has 0 atom stereocenters. The van der Waals surface area contributed by atoms with Crippen molar-refractivity contribution in [3.8, 4) is 0 Å². The molecule has 0 aliphatic rings. The van der Waals surface area contributed by atoms with Crippen LogP contribution in [0.25, 0.3) is 0 Å². The second-order valence-electron chi connectivity index (χ2n) is 4.53. The molecule has 2 rings (SSSR count). The minimum Gasteiger partial charge on any atom is -0.464 e. The van der Waals surface area contributed by atoms with E-state index >= 15 is 0 Å². The molecule has 1 heterocycles. The van der Waals surface area contributed by atoms with E-state index in [2.05, 4.69) is 10.3 Å². The molecule has 0 fully saturated rings. The molecule has 112 valence electrons. The molecular weight excluding hydrogens is 313 g/mol. The van der Waals surface area contributed by atoms with Crippen LogP contribution in [0.15, 0.2) is 18.2 Å². The molecule has 1 aromatic heterocycles. The maximum absolute atomic E-state index is 11.7. The van der Waals surface area contributed by atoms with Crippen molar-refractivity contribution in [2.75, 3.05) is 7.11 Å². The summed E-state index contributed by atoms with van der Waals surface area (Å²) in [6, 6.07) is 5.37. The van der Waals surface area contributed by atoms with Crippen molar-refractivity contribution in [3.63, 3.8) is 0 Å². The summed E-state index contributed by atoms with van der Waals surface area (Å²) in [7, 11) is 1.33. The number of ether oxygens (including phenoxy) is 1. The Bertz CT molecular complexity index is 656. The van der Waals surface area contributed by atoms with E-state index in [4.69, 9.17) is 27.9 Å². The van der Waals surface area contributed by atoms with Gasteiger partial charge in [-0.05, 0) is 24.1 Å². The zero-order chi connectivity index (χ0) is 15.4. The molecule has 0 N–H and O–H groups in total. The first-order valence-corrected chi connectivity index (χ1v) is 7.27. The quantitative estimate of drug-likeness (QED) is 0.790. The van der Waals surface area contributed by atoms with Gasteiger partial charge in [0.05, 0.1) is 29.4 Å². The van der Waals surface area contributed by atoms with Crippen molar-refractivity contribution in [2.45, 2.75) is 26.3 Å². The van der Waals surface area contributed by atoms with Gasteiger partial charge in [0.15, 0.2) is 5.69 Å². The molecule has 7 heteroatoms. The Morgan fingerprint density at radius 1 is 1.33 bits per heavy atom. The zero-order valence-electron chi connectivity index (χ0n) is 11.8. The van der Waals surface area contributed by atoms with Gasteiger partial charge in [-0.1, -0.05) is 47.8 Å². The summed E-state index contributed by atoms with van der Waals surface area (Å²) in [5.41, 5.74) is 1.96. The molecule has 0 spiro atoms. The van der Waals surface area contributed by atoms with Gasteiger partial charge in [0.25, 0.3) is 0 Å². The van der Waals surface area contributed by atoms with Gasteiger partial charge in [-0.3, -0.25) is 0 Å². The van der Waals surface area contributed by atoms with Crippen LogP contribution < -0.4 is 0 Å². The van der Waals surface area contributed by atoms with E-state index in [1.807, 2.05) is 13.0 Å². The highest BCUT2D eigenvalue weighted by Gasteiger charge is 2.19. The smallest absolute Gasteiger partial charge is 0.360 e. The first-order valence-electron chi connectivity index (χ1n) is 6.51. The maximum Gasteiger partial charge on any atom is 0.360 e. The number of rotatable bonds is 5. The second-order valence-corrected chi connectivity index (χ2v) is 5.35. The van der Waals surface area contributed by atoms with Crippen molar-refractivity contribution in [2.24, 2.45) is 0 Å². The molecule has 1 aromatic carbocycles. The molecule has 0 saturated heterocycles. The Hall–Kier alpha value is -1.59. The lowest BCUT2D eigenvalue weighted by Gasteiger charge is -2.07. The monoisotopic (exact) mass is 327 g/mol. The first-order chi connectivity index (χ1) is 10.1. The number of carbonyl (C=O) groups is 1. The molecule has 2 aromatic rings. The number of aromatic nitrogens is 3. The summed E-state index contributed by atoms with van der Waals surface area (Å²) in [6.07, 6.45) is 1.57. The van der Waals surface area contributed by atoms with Gasteiger partial charge in [-0.15, -0.1) is 5.10 Å². The van der Waals surface area contributed by atoms with Crippen LogP contribution >= 0.6 is 23.2 Å². The molecular formula is C14H15Cl2N3O2. The van der Waals surface area contributed by atoms with Crippen LogP contribution in [0.2, 0.25) is 10.0 Å². The molecule has 0 aliphatic heterocycles. The Kier molecular flexibility index (Phi) is 5.20. The average molecular weight is 328 g/mol. The summed E-state index contributed by atoms with van der Waals surface area (Å²) < 4.78 is 6.42. The van der Waals surface area contributed by atoms with Crippen LogP contribution in [0, 0.1) is 0 Å². The van der Waals surface area contributed by atoms with E-state index < -0.39 is 5.97 Å². The predicted molar refractivity (Wildman–Crippen MR) is 80.9 cm³/mol. The van der Waals surface area contributed by atoms with E-state index in [9.17, 15) is 4.79 Å². The first kappa shape index (κ1) is 15.8. The standard InChI is InChI=1S/C14H15Cl2N3O2/c1-3-4-12-13(14(20)21-2)17-18-19(12)8-9-5-6-10(15)11(16)7-9/h5-7H,3-4,8H2,1-2H3. The predicted octanol–water partition coefficient (Wildman–Crippen LogP) is 3.37. The Balaban J connectivity index is 2.32. The number of methoxy groups -OCH3 is 1. The summed E-state index contributed by atoms with van der Waals surface area (Å²) in [4.78, 5) is 11.7. The summed E-state index contributed by atoms with van der Waals surface area (Å²) in [5.74, 6) is -0.473. The van der Waals surface area contributed by atoms with Crippen molar-refractivity contribution in [1.29, 1.82) is 0 Å². The third-order valence-corrected chi connectivity index (χ3v) is 3.76. The number of esters is 1. The van der Waals surface area contributed by atoms with Crippen LogP contribution in [0.4, 0.5) is 0 Å². The SMILES string of the molecule is CCCc1c(C(=O)OC)nnn1Cc1ccc(Cl)c(Cl)c1. The number of carbonyl (C=O) groups excluding carboxylic acids is 1. The van der Waals surface area contributed by atoms with Gasteiger partial charge < -0.3 is 4.74 Å². The second kappa shape index (κ2) is 6.91.